The van der Waals surface area contributed by atoms with E-state index in [1.165, 1.54) is 0 Å². The molecule has 0 bridgehead atoms. The first kappa shape index (κ1) is 23.5. The van der Waals surface area contributed by atoms with Gasteiger partial charge in [0.2, 0.25) is 5.91 Å². The highest BCUT2D eigenvalue weighted by Gasteiger charge is 2.34. The van der Waals surface area contributed by atoms with Crippen molar-refractivity contribution in [3.63, 3.8) is 0 Å². The van der Waals surface area contributed by atoms with Gasteiger partial charge in [-0.3, -0.25) is 9.69 Å². The van der Waals surface area contributed by atoms with Gasteiger partial charge in [0.05, 0.1) is 29.9 Å². The van der Waals surface area contributed by atoms with Crippen molar-refractivity contribution in [2.24, 2.45) is 11.8 Å². The Balaban J connectivity index is 1.55. The lowest BCUT2D eigenvalue weighted by Gasteiger charge is -2.30. The van der Waals surface area contributed by atoms with Crippen LogP contribution in [0.15, 0.2) is 29.2 Å². The number of morpholine rings is 1. The second-order valence-electron chi connectivity index (χ2n) is 8.08. The lowest BCUT2D eigenvalue weighted by Crippen LogP contribution is -2.39. The molecule has 8 nitrogen and oxygen atoms in total. The van der Waals surface area contributed by atoms with Crippen LogP contribution in [0.5, 0.6) is 5.75 Å². The van der Waals surface area contributed by atoms with Crippen LogP contribution in [0.3, 0.4) is 0 Å². The molecule has 2 fully saturated rings. The molecule has 31 heavy (non-hydrogen) atoms. The van der Waals surface area contributed by atoms with Crippen LogP contribution in [-0.4, -0.2) is 71.0 Å². The number of ether oxygens (including phenoxy) is 2. The van der Waals surface area contributed by atoms with E-state index in [0.717, 1.165) is 45.7 Å². The summed E-state index contributed by atoms with van der Waals surface area (Å²) >= 11 is 0. The molecular formula is C22H31N3O5S. The molecule has 1 saturated carbocycles. The average Bonchev–Trinajstić information content (AvgIpc) is 2.78. The molecule has 1 aromatic carbocycles. The first-order chi connectivity index (χ1) is 15.0. The van der Waals surface area contributed by atoms with Crippen molar-refractivity contribution in [1.82, 2.24) is 10.2 Å². The summed E-state index contributed by atoms with van der Waals surface area (Å²) in [6.07, 6.45) is 3.18. The van der Waals surface area contributed by atoms with Crippen LogP contribution in [0.4, 0.5) is 0 Å². The van der Waals surface area contributed by atoms with E-state index in [4.69, 9.17) is 14.7 Å². The van der Waals surface area contributed by atoms with Gasteiger partial charge in [-0.25, -0.2) is 8.42 Å². The van der Waals surface area contributed by atoms with E-state index in [0.29, 0.717) is 25.2 Å². The van der Waals surface area contributed by atoms with Crippen molar-refractivity contribution < 1.29 is 22.7 Å². The predicted molar refractivity (Wildman–Crippen MR) is 115 cm³/mol. The van der Waals surface area contributed by atoms with E-state index in [1.807, 2.05) is 6.07 Å². The summed E-state index contributed by atoms with van der Waals surface area (Å²) in [6, 6.07) is 8.42. The molecule has 1 aromatic rings. The first-order valence-corrected chi connectivity index (χ1v) is 12.6. The summed E-state index contributed by atoms with van der Waals surface area (Å²) in [5.74, 6) is -0.236. The topological polar surface area (TPSA) is 109 Å². The third-order valence-electron chi connectivity index (χ3n) is 5.98. The van der Waals surface area contributed by atoms with Crippen molar-refractivity contribution >= 4 is 15.7 Å². The molecule has 0 spiro atoms. The third kappa shape index (κ3) is 6.92. The minimum Gasteiger partial charge on any atom is -0.492 e. The Morgan fingerprint density at radius 1 is 1.19 bits per heavy atom. The van der Waals surface area contributed by atoms with Gasteiger partial charge in [0.1, 0.15) is 18.9 Å². The number of amides is 1. The molecule has 0 aromatic heterocycles. The van der Waals surface area contributed by atoms with Crippen LogP contribution in [0.1, 0.15) is 25.7 Å². The molecule has 1 heterocycles. The second-order valence-corrected chi connectivity index (χ2v) is 10.1. The summed E-state index contributed by atoms with van der Waals surface area (Å²) < 4.78 is 37.0. The highest BCUT2D eigenvalue weighted by molar-refractivity contribution is 7.91. The molecule has 0 radical (unpaired) electrons. The molecule has 1 aliphatic heterocycles. The number of carbonyl (C=O) groups is 1. The molecule has 1 aliphatic carbocycles. The molecule has 0 unspecified atom stereocenters. The van der Waals surface area contributed by atoms with Crippen LogP contribution in [0.25, 0.3) is 0 Å². The van der Waals surface area contributed by atoms with Crippen molar-refractivity contribution in [2.75, 3.05) is 51.8 Å². The maximum atomic E-state index is 13.0. The fourth-order valence-electron chi connectivity index (χ4n) is 4.25. The Kier molecular flexibility index (Phi) is 8.69. The third-order valence-corrected chi connectivity index (χ3v) is 7.84. The minimum absolute atomic E-state index is 0.0538. The summed E-state index contributed by atoms with van der Waals surface area (Å²) in [5, 5.41) is 11.3. The number of hydrogen-bond donors (Lipinski definition) is 1. The van der Waals surface area contributed by atoms with Crippen LogP contribution >= 0.6 is 0 Å². The number of carbonyl (C=O) groups excluding carboxylic acids is 1. The zero-order valence-electron chi connectivity index (χ0n) is 17.8. The molecule has 2 aliphatic rings. The van der Waals surface area contributed by atoms with Crippen LogP contribution < -0.4 is 10.1 Å². The maximum absolute atomic E-state index is 13.0. The Morgan fingerprint density at radius 3 is 2.61 bits per heavy atom. The number of nitrogens with one attached hydrogen (secondary N) is 1. The largest absolute Gasteiger partial charge is 0.492 e. The number of rotatable bonds is 9. The summed E-state index contributed by atoms with van der Waals surface area (Å²) in [5.41, 5.74) is 0. The number of nitriles is 1. The molecule has 1 N–H and O–H groups in total. The van der Waals surface area contributed by atoms with E-state index in [2.05, 4.69) is 10.2 Å². The molecular weight excluding hydrogens is 418 g/mol. The van der Waals surface area contributed by atoms with Crippen molar-refractivity contribution in [1.29, 1.82) is 5.26 Å². The molecule has 3 rings (SSSR count). The van der Waals surface area contributed by atoms with Gasteiger partial charge in [-0.15, -0.1) is 0 Å². The SMILES string of the molecule is N#CCNC(=O)[C@@H]1CCCC[C@H]1CS(=O)(=O)c1ccc(OCCN2CCOCC2)cc1. The van der Waals surface area contributed by atoms with Crippen LogP contribution in [-0.2, 0) is 19.4 Å². The Morgan fingerprint density at radius 2 is 1.90 bits per heavy atom. The van der Waals surface area contributed by atoms with E-state index in [-0.39, 0.29) is 34.9 Å². The van der Waals surface area contributed by atoms with Gasteiger partial charge in [0, 0.05) is 25.6 Å². The van der Waals surface area contributed by atoms with Gasteiger partial charge in [0.15, 0.2) is 9.84 Å². The molecule has 170 valence electrons. The smallest absolute Gasteiger partial charge is 0.224 e. The lowest BCUT2D eigenvalue weighted by atomic mass is 9.80. The minimum atomic E-state index is -3.52. The van der Waals surface area contributed by atoms with Crippen LogP contribution in [0.2, 0.25) is 0 Å². The van der Waals surface area contributed by atoms with Gasteiger partial charge >= 0.3 is 0 Å². The number of benzene rings is 1. The maximum Gasteiger partial charge on any atom is 0.224 e. The van der Waals surface area contributed by atoms with Crippen molar-refractivity contribution in [2.45, 2.75) is 30.6 Å². The average molecular weight is 450 g/mol. The van der Waals surface area contributed by atoms with Gasteiger partial charge in [-0.05, 0) is 43.0 Å². The Labute approximate surface area is 184 Å². The van der Waals surface area contributed by atoms with Crippen LogP contribution in [0, 0.1) is 23.2 Å². The van der Waals surface area contributed by atoms with E-state index < -0.39 is 9.84 Å². The van der Waals surface area contributed by atoms with E-state index in [9.17, 15) is 13.2 Å². The first-order valence-electron chi connectivity index (χ1n) is 10.9. The fourth-order valence-corrected chi connectivity index (χ4v) is 5.95. The number of hydrogen-bond acceptors (Lipinski definition) is 7. The Hall–Kier alpha value is -2.15. The van der Waals surface area contributed by atoms with Gasteiger partial charge < -0.3 is 14.8 Å². The zero-order valence-corrected chi connectivity index (χ0v) is 18.6. The molecule has 2 atom stereocenters. The van der Waals surface area contributed by atoms with Crippen molar-refractivity contribution in [3.05, 3.63) is 24.3 Å². The van der Waals surface area contributed by atoms with Crippen molar-refractivity contribution in [3.8, 4) is 11.8 Å². The second kappa shape index (κ2) is 11.5. The molecule has 9 heteroatoms. The fraction of sp³-hybridized carbons (Fsp3) is 0.636. The summed E-state index contributed by atoms with van der Waals surface area (Å²) in [7, 11) is -3.52. The molecule has 1 amide bonds. The highest BCUT2D eigenvalue weighted by Crippen LogP contribution is 2.33. The quantitative estimate of drug-likeness (QED) is 0.571. The van der Waals surface area contributed by atoms with E-state index >= 15 is 0 Å². The lowest BCUT2D eigenvalue weighted by molar-refractivity contribution is -0.127. The predicted octanol–water partition coefficient (Wildman–Crippen LogP) is 1.62. The van der Waals surface area contributed by atoms with E-state index in [1.54, 1.807) is 24.3 Å². The summed E-state index contributed by atoms with van der Waals surface area (Å²) in [6.45, 7) is 4.58. The monoisotopic (exact) mass is 449 g/mol. The van der Waals surface area contributed by atoms with Gasteiger partial charge in [-0.1, -0.05) is 12.8 Å². The number of nitrogens with zero attached hydrogens (tertiary/aromatic N) is 2. The number of sulfone groups is 1. The zero-order chi connectivity index (χ0) is 22.1. The highest BCUT2D eigenvalue weighted by atomic mass is 32.2. The van der Waals surface area contributed by atoms with Gasteiger partial charge in [0.25, 0.3) is 0 Å². The molecule has 1 saturated heterocycles. The standard InChI is InChI=1S/C22H31N3O5S/c23-9-10-24-22(26)21-4-2-1-3-18(21)17-31(27,28)20-7-5-19(6-8-20)30-16-13-25-11-14-29-15-12-25/h5-8,18,21H,1-4,10-17H2,(H,24,26)/t18-,21+/m0/s1. The normalized spacial score (nSPS) is 22.4. The summed E-state index contributed by atoms with van der Waals surface area (Å²) in [4.78, 5) is 14.9. The Bertz CT molecular complexity index is 860. The van der Waals surface area contributed by atoms with Gasteiger partial charge in [-0.2, -0.15) is 5.26 Å².